The molecule has 0 aliphatic carbocycles. The van der Waals surface area contributed by atoms with Crippen LogP contribution in [0.15, 0.2) is 24.3 Å². The third-order valence-electron chi connectivity index (χ3n) is 2.75. The number of halogens is 3. The third-order valence-corrected chi connectivity index (χ3v) is 3.57. The van der Waals surface area contributed by atoms with Gasteiger partial charge in [0.25, 0.3) is 0 Å². The highest BCUT2D eigenvalue weighted by molar-refractivity contribution is 7.89. The summed E-state index contributed by atoms with van der Waals surface area (Å²) in [5, 5.41) is 6.13. The summed E-state index contributed by atoms with van der Waals surface area (Å²) in [6.45, 7) is 0. The summed E-state index contributed by atoms with van der Waals surface area (Å²) in [4.78, 5) is 0. The van der Waals surface area contributed by atoms with Gasteiger partial charge in [0.05, 0.1) is 17.0 Å². The minimum Gasteiger partial charge on any atom is -0.382 e. The number of benzene rings is 1. The first-order valence-corrected chi connectivity index (χ1v) is 7.82. The summed E-state index contributed by atoms with van der Waals surface area (Å²) in [6.07, 6.45) is -3.48. The molecule has 2 rings (SSSR count). The quantitative estimate of drug-likeness (QED) is 0.908. The number of H-pyrrole nitrogens is 1. The number of alkyl halides is 3. The molecule has 5 nitrogen and oxygen atoms in total. The van der Waals surface area contributed by atoms with E-state index >= 15 is 0 Å². The van der Waals surface area contributed by atoms with E-state index in [9.17, 15) is 21.6 Å². The average molecular weight is 319 g/mol. The zero-order valence-corrected chi connectivity index (χ0v) is 11.7. The van der Waals surface area contributed by atoms with Gasteiger partial charge in [0.2, 0.25) is 0 Å². The van der Waals surface area contributed by atoms with Crippen LogP contribution in [0, 0.1) is 0 Å². The molecule has 0 aliphatic rings. The molecular formula is C12H12F3N3O2S. The van der Waals surface area contributed by atoms with E-state index in [1.165, 1.54) is 12.1 Å². The maximum Gasteiger partial charge on any atom is 0.416 e. The summed E-state index contributed by atoms with van der Waals surface area (Å²) >= 11 is 0. The lowest BCUT2D eigenvalue weighted by Crippen LogP contribution is -2.05. The summed E-state index contributed by atoms with van der Waals surface area (Å²) in [7, 11) is -3.38. The van der Waals surface area contributed by atoms with E-state index in [4.69, 9.17) is 5.73 Å². The van der Waals surface area contributed by atoms with Gasteiger partial charge in [0.1, 0.15) is 0 Å². The number of anilines is 1. The maximum atomic E-state index is 12.7. The predicted molar refractivity (Wildman–Crippen MR) is 72.0 cm³/mol. The van der Waals surface area contributed by atoms with Crippen molar-refractivity contribution in [3.05, 3.63) is 35.5 Å². The van der Waals surface area contributed by atoms with Crippen molar-refractivity contribution in [1.29, 1.82) is 0 Å². The van der Waals surface area contributed by atoms with Crippen molar-refractivity contribution in [2.75, 3.05) is 12.0 Å². The van der Waals surface area contributed by atoms with Gasteiger partial charge in [0, 0.05) is 11.8 Å². The van der Waals surface area contributed by atoms with Crippen LogP contribution in [0.2, 0.25) is 0 Å². The van der Waals surface area contributed by atoms with Crippen LogP contribution >= 0.6 is 0 Å². The molecule has 0 atom stereocenters. The number of hydrogen-bond acceptors (Lipinski definition) is 4. The van der Waals surface area contributed by atoms with Gasteiger partial charge >= 0.3 is 6.18 Å². The Morgan fingerprint density at radius 2 is 2.00 bits per heavy atom. The minimum atomic E-state index is -4.49. The Morgan fingerprint density at radius 1 is 1.33 bits per heavy atom. The van der Waals surface area contributed by atoms with E-state index in [1.807, 2.05) is 0 Å². The number of nitrogens with one attached hydrogen (secondary N) is 1. The Bertz CT molecular complexity index is 766. The van der Waals surface area contributed by atoms with Crippen molar-refractivity contribution in [2.45, 2.75) is 11.9 Å². The number of aromatic nitrogens is 2. The van der Waals surface area contributed by atoms with Crippen LogP contribution in [0.1, 0.15) is 11.3 Å². The molecule has 114 valence electrons. The fourth-order valence-electron chi connectivity index (χ4n) is 1.93. The third kappa shape index (κ3) is 3.54. The van der Waals surface area contributed by atoms with Gasteiger partial charge in [0.15, 0.2) is 15.7 Å². The Labute approximate surface area is 118 Å². The molecule has 0 fully saturated rings. The lowest BCUT2D eigenvalue weighted by molar-refractivity contribution is -0.137. The fourth-order valence-corrected chi connectivity index (χ4v) is 2.67. The smallest absolute Gasteiger partial charge is 0.382 e. The SMILES string of the molecule is CS(=O)(=O)Cc1[nH]nc(N)c1-c1cccc(C(F)(F)F)c1. The van der Waals surface area contributed by atoms with Crippen LogP contribution in [-0.2, 0) is 21.8 Å². The lowest BCUT2D eigenvalue weighted by atomic mass is 10.0. The molecule has 1 heterocycles. The molecule has 1 aromatic carbocycles. The number of nitrogens with two attached hydrogens (primary N) is 1. The van der Waals surface area contributed by atoms with E-state index < -0.39 is 21.6 Å². The molecule has 0 spiro atoms. The highest BCUT2D eigenvalue weighted by Gasteiger charge is 2.31. The molecule has 0 radical (unpaired) electrons. The largest absolute Gasteiger partial charge is 0.416 e. The second kappa shape index (κ2) is 5.06. The zero-order valence-electron chi connectivity index (χ0n) is 10.9. The molecule has 0 saturated heterocycles. The van der Waals surface area contributed by atoms with Gasteiger partial charge in [-0.2, -0.15) is 18.3 Å². The Kier molecular flexibility index (Phi) is 3.70. The van der Waals surface area contributed by atoms with Crippen molar-refractivity contribution < 1.29 is 21.6 Å². The van der Waals surface area contributed by atoms with Crippen molar-refractivity contribution in [2.24, 2.45) is 0 Å². The van der Waals surface area contributed by atoms with Crippen LogP contribution < -0.4 is 5.73 Å². The second-order valence-electron chi connectivity index (χ2n) is 4.61. The molecule has 3 N–H and O–H groups in total. The first-order chi connectivity index (χ1) is 9.58. The summed E-state index contributed by atoms with van der Waals surface area (Å²) in [6, 6.07) is 4.49. The topological polar surface area (TPSA) is 88.8 Å². The van der Waals surface area contributed by atoms with Crippen LogP contribution in [0.25, 0.3) is 11.1 Å². The van der Waals surface area contributed by atoms with Gasteiger partial charge in [-0.3, -0.25) is 5.10 Å². The van der Waals surface area contributed by atoms with E-state index in [0.29, 0.717) is 0 Å². The van der Waals surface area contributed by atoms with Crippen LogP contribution in [0.4, 0.5) is 19.0 Å². The van der Waals surface area contributed by atoms with Crippen molar-refractivity contribution >= 4 is 15.7 Å². The first-order valence-electron chi connectivity index (χ1n) is 5.76. The summed E-state index contributed by atoms with van der Waals surface area (Å²) in [5.74, 6) is -0.434. The number of hydrogen-bond donors (Lipinski definition) is 2. The molecular weight excluding hydrogens is 307 g/mol. The Hall–Kier alpha value is -2.03. The van der Waals surface area contributed by atoms with E-state index in [2.05, 4.69) is 10.2 Å². The van der Waals surface area contributed by atoms with Gasteiger partial charge in [-0.25, -0.2) is 8.42 Å². The van der Waals surface area contributed by atoms with Gasteiger partial charge in [-0.15, -0.1) is 0 Å². The second-order valence-corrected chi connectivity index (χ2v) is 6.75. The lowest BCUT2D eigenvalue weighted by Gasteiger charge is -2.09. The molecule has 0 unspecified atom stereocenters. The minimum absolute atomic E-state index is 0.0482. The van der Waals surface area contributed by atoms with Gasteiger partial charge < -0.3 is 5.73 Å². The monoisotopic (exact) mass is 319 g/mol. The number of nitrogen functional groups attached to an aromatic ring is 1. The Balaban J connectivity index is 2.55. The standard InChI is InChI=1S/C12H12F3N3O2S/c1-21(19,20)6-9-10(11(16)18-17-9)7-3-2-4-8(5-7)12(13,14)15/h2-5H,6H2,1H3,(H3,16,17,18). The van der Waals surface area contributed by atoms with E-state index in [-0.39, 0.29) is 28.4 Å². The van der Waals surface area contributed by atoms with Crippen molar-refractivity contribution in [3.8, 4) is 11.1 Å². The van der Waals surface area contributed by atoms with Crippen LogP contribution in [-0.4, -0.2) is 24.9 Å². The van der Waals surface area contributed by atoms with Gasteiger partial charge in [-0.05, 0) is 17.7 Å². The van der Waals surface area contributed by atoms with E-state index in [1.54, 1.807) is 0 Å². The maximum absolute atomic E-state index is 12.7. The number of aromatic amines is 1. The molecule has 0 bridgehead atoms. The predicted octanol–water partition coefficient (Wildman–Crippen LogP) is 2.22. The number of rotatable bonds is 3. The van der Waals surface area contributed by atoms with E-state index in [0.717, 1.165) is 18.4 Å². The first kappa shape index (κ1) is 15.4. The highest BCUT2D eigenvalue weighted by atomic mass is 32.2. The van der Waals surface area contributed by atoms with Crippen LogP contribution in [0.3, 0.4) is 0 Å². The molecule has 2 aromatic rings. The normalized spacial score (nSPS) is 12.6. The summed E-state index contributed by atoms with van der Waals surface area (Å²) < 4.78 is 60.9. The molecule has 0 amide bonds. The zero-order chi connectivity index (χ0) is 15.8. The highest BCUT2D eigenvalue weighted by Crippen LogP contribution is 2.35. The molecule has 1 aromatic heterocycles. The molecule has 21 heavy (non-hydrogen) atoms. The summed E-state index contributed by atoms with van der Waals surface area (Å²) in [5.41, 5.74) is 5.29. The fraction of sp³-hybridized carbons (Fsp3) is 0.250. The average Bonchev–Trinajstić information content (AvgIpc) is 2.67. The number of nitrogens with zero attached hydrogens (tertiary/aromatic N) is 1. The number of sulfone groups is 1. The van der Waals surface area contributed by atoms with Gasteiger partial charge in [-0.1, -0.05) is 12.1 Å². The molecule has 0 saturated carbocycles. The molecule has 9 heteroatoms. The van der Waals surface area contributed by atoms with Crippen LogP contribution in [0.5, 0.6) is 0 Å². The Morgan fingerprint density at radius 3 is 2.57 bits per heavy atom. The molecule has 0 aliphatic heterocycles. The van der Waals surface area contributed by atoms with Crippen molar-refractivity contribution in [1.82, 2.24) is 10.2 Å². The van der Waals surface area contributed by atoms with Crippen molar-refractivity contribution in [3.63, 3.8) is 0 Å².